The van der Waals surface area contributed by atoms with Crippen LogP contribution in [-0.4, -0.2) is 51.0 Å². The molecule has 1 saturated heterocycles. The van der Waals surface area contributed by atoms with Gasteiger partial charge in [-0.05, 0) is 35.4 Å². The molecule has 2 aromatic rings. The number of hydrogen-bond donors (Lipinski definition) is 1. The molecule has 0 aliphatic carbocycles. The molecule has 2 aliphatic rings. The van der Waals surface area contributed by atoms with E-state index >= 15 is 0 Å². The Morgan fingerprint density at radius 1 is 1.17 bits per heavy atom. The van der Waals surface area contributed by atoms with Gasteiger partial charge in [-0.25, -0.2) is 8.42 Å². The Morgan fingerprint density at radius 3 is 2.72 bits per heavy atom. The van der Waals surface area contributed by atoms with E-state index in [0.29, 0.717) is 49.1 Å². The predicted molar refractivity (Wildman–Crippen MR) is 107 cm³/mol. The molecule has 0 bridgehead atoms. The second-order valence-electron chi connectivity index (χ2n) is 6.90. The minimum atomic E-state index is -3.65. The summed E-state index contributed by atoms with van der Waals surface area (Å²) in [7, 11) is -3.65. The average Bonchev–Trinajstić information content (AvgIpc) is 3.16. The smallest absolute Gasteiger partial charge is 0.261 e. The van der Waals surface area contributed by atoms with Gasteiger partial charge in [0, 0.05) is 31.1 Å². The zero-order valence-electron chi connectivity index (χ0n) is 15.6. The number of nitrogens with zero attached hydrogens (tertiary/aromatic N) is 1. The lowest BCUT2D eigenvalue weighted by molar-refractivity contribution is -0.127. The zero-order valence-corrected chi connectivity index (χ0v) is 17.2. The molecule has 1 N–H and O–H groups in total. The van der Waals surface area contributed by atoms with Gasteiger partial charge in [0.2, 0.25) is 10.0 Å². The van der Waals surface area contributed by atoms with Gasteiger partial charge in [-0.2, -0.15) is 4.31 Å². The minimum Gasteiger partial charge on any atom is -0.480 e. The number of rotatable bonds is 5. The Balaban J connectivity index is 1.45. The van der Waals surface area contributed by atoms with Crippen LogP contribution in [0, 0.1) is 0 Å². The molecule has 1 amide bonds. The average molecular weight is 437 g/mol. The predicted octanol–water partition coefficient (Wildman–Crippen LogP) is 1.98. The van der Waals surface area contributed by atoms with E-state index in [-0.39, 0.29) is 17.3 Å². The Labute approximate surface area is 174 Å². The number of benzene rings is 2. The van der Waals surface area contributed by atoms with Gasteiger partial charge in [-0.15, -0.1) is 0 Å². The second-order valence-corrected chi connectivity index (χ2v) is 9.25. The number of fused-ring (bicyclic) bond motifs is 1. The molecule has 2 aliphatic heterocycles. The fourth-order valence-corrected chi connectivity index (χ4v) is 5.31. The molecule has 1 unspecified atom stereocenters. The van der Waals surface area contributed by atoms with Crippen molar-refractivity contribution >= 4 is 27.5 Å². The molecule has 2 aromatic carbocycles. The molecule has 1 atom stereocenters. The number of halogens is 1. The van der Waals surface area contributed by atoms with Crippen LogP contribution >= 0.6 is 11.6 Å². The van der Waals surface area contributed by atoms with E-state index in [4.69, 9.17) is 21.1 Å². The van der Waals surface area contributed by atoms with E-state index in [9.17, 15) is 13.2 Å². The van der Waals surface area contributed by atoms with Gasteiger partial charge in [0.05, 0.1) is 18.1 Å². The highest BCUT2D eigenvalue weighted by molar-refractivity contribution is 7.89. The van der Waals surface area contributed by atoms with Crippen LogP contribution in [0.1, 0.15) is 11.1 Å². The van der Waals surface area contributed by atoms with Crippen LogP contribution in [-0.2, 0) is 32.5 Å². The lowest BCUT2D eigenvalue weighted by atomic mass is 10.1. The molecule has 9 heteroatoms. The number of sulfonamides is 1. The lowest BCUT2D eigenvalue weighted by Crippen LogP contribution is -2.41. The Hall–Kier alpha value is -2.13. The Morgan fingerprint density at radius 2 is 1.93 bits per heavy atom. The molecular formula is C20H21ClN2O5S. The molecule has 0 saturated carbocycles. The van der Waals surface area contributed by atoms with Gasteiger partial charge in [0.25, 0.3) is 5.91 Å². The van der Waals surface area contributed by atoms with Gasteiger partial charge < -0.3 is 14.8 Å². The van der Waals surface area contributed by atoms with E-state index in [1.54, 1.807) is 42.5 Å². The van der Waals surface area contributed by atoms with Gasteiger partial charge in [0.1, 0.15) is 5.75 Å². The molecule has 154 valence electrons. The number of nitrogens with one attached hydrogen (secondary N) is 1. The van der Waals surface area contributed by atoms with E-state index in [1.807, 2.05) is 0 Å². The number of carbonyl (C=O) groups excluding carboxylic acids is 1. The summed E-state index contributed by atoms with van der Waals surface area (Å²) in [6.45, 7) is 1.48. The Bertz CT molecular complexity index is 1020. The fourth-order valence-electron chi connectivity index (χ4n) is 3.49. The van der Waals surface area contributed by atoms with Gasteiger partial charge >= 0.3 is 0 Å². The molecule has 7 nitrogen and oxygen atoms in total. The first-order chi connectivity index (χ1) is 13.9. The summed E-state index contributed by atoms with van der Waals surface area (Å²) in [6, 6.07) is 12.0. The summed E-state index contributed by atoms with van der Waals surface area (Å²) in [6.07, 6.45) is -0.235. The number of ether oxygens (including phenoxy) is 2. The first kappa shape index (κ1) is 20.2. The summed E-state index contributed by atoms with van der Waals surface area (Å²) < 4.78 is 38.4. The van der Waals surface area contributed by atoms with E-state index in [0.717, 1.165) is 5.56 Å². The van der Waals surface area contributed by atoms with Crippen LogP contribution in [0.15, 0.2) is 47.4 Å². The summed E-state index contributed by atoms with van der Waals surface area (Å²) in [5.41, 5.74) is 1.42. The summed E-state index contributed by atoms with van der Waals surface area (Å²) in [5, 5.41) is 3.39. The maximum absolute atomic E-state index is 13.0. The first-order valence-electron chi connectivity index (χ1n) is 9.34. The zero-order chi connectivity index (χ0) is 20.4. The van der Waals surface area contributed by atoms with E-state index in [2.05, 4.69) is 5.32 Å². The van der Waals surface area contributed by atoms with Crippen molar-refractivity contribution in [3.8, 4) is 5.75 Å². The second kappa shape index (κ2) is 8.31. The van der Waals surface area contributed by atoms with Crippen molar-refractivity contribution in [1.29, 1.82) is 0 Å². The monoisotopic (exact) mass is 436 g/mol. The normalized spacial score (nSPS) is 19.4. The summed E-state index contributed by atoms with van der Waals surface area (Å²) in [4.78, 5) is 12.8. The van der Waals surface area contributed by atoms with Gasteiger partial charge in [-0.3, -0.25) is 4.79 Å². The molecule has 0 radical (unpaired) electrons. The third kappa shape index (κ3) is 4.25. The number of morpholine rings is 1. The van der Waals surface area contributed by atoms with Gasteiger partial charge in [0.15, 0.2) is 6.10 Å². The van der Waals surface area contributed by atoms with Gasteiger partial charge in [-0.1, -0.05) is 29.8 Å². The minimum absolute atomic E-state index is 0.0928. The Kier molecular flexibility index (Phi) is 5.78. The maximum Gasteiger partial charge on any atom is 0.261 e. The molecule has 29 heavy (non-hydrogen) atoms. The standard InChI is InChI=1S/C20H21ClN2O5S/c21-16-5-6-17-15(11-16)12-18(28-17)20(24)22-13-14-3-1-2-4-19(14)29(25,26)23-7-9-27-10-8-23/h1-6,11,18H,7-10,12-13H2,(H,22,24). The topological polar surface area (TPSA) is 84.9 Å². The van der Waals surface area contributed by atoms with Crippen molar-refractivity contribution in [1.82, 2.24) is 9.62 Å². The van der Waals surface area contributed by atoms with E-state index < -0.39 is 16.1 Å². The number of hydrogen-bond acceptors (Lipinski definition) is 5. The van der Waals surface area contributed by atoms with Crippen LogP contribution in [0.4, 0.5) is 0 Å². The van der Waals surface area contributed by atoms with Crippen molar-refractivity contribution in [3.05, 3.63) is 58.6 Å². The third-order valence-corrected chi connectivity index (χ3v) is 7.24. The van der Waals surface area contributed by atoms with Crippen LogP contribution in [0.25, 0.3) is 0 Å². The number of carbonyl (C=O) groups is 1. The van der Waals surface area contributed by atoms with Crippen LogP contribution in [0.3, 0.4) is 0 Å². The highest BCUT2D eigenvalue weighted by Crippen LogP contribution is 2.31. The third-order valence-electron chi connectivity index (χ3n) is 5.00. The van der Waals surface area contributed by atoms with Crippen molar-refractivity contribution in [2.24, 2.45) is 0 Å². The lowest BCUT2D eigenvalue weighted by Gasteiger charge is -2.27. The van der Waals surface area contributed by atoms with Crippen molar-refractivity contribution in [3.63, 3.8) is 0 Å². The SMILES string of the molecule is O=C(NCc1ccccc1S(=O)(=O)N1CCOCC1)C1Cc2cc(Cl)ccc2O1. The van der Waals surface area contributed by atoms with Crippen LogP contribution < -0.4 is 10.1 Å². The summed E-state index contributed by atoms with van der Waals surface area (Å²) in [5.74, 6) is 0.348. The van der Waals surface area contributed by atoms with Crippen molar-refractivity contribution < 1.29 is 22.7 Å². The van der Waals surface area contributed by atoms with Crippen molar-refractivity contribution in [2.75, 3.05) is 26.3 Å². The first-order valence-corrected chi connectivity index (χ1v) is 11.2. The quantitative estimate of drug-likeness (QED) is 0.774. The molecule has 0 spiro atoms. The molecular weight excluding hydrogens is 416 g/mol. The molecule has 2 heterocycles. The van der Waals surface area contributed by atoms with Crippen LogP contribution in [0.2, 0.25) is 5.02 Å². The molecule has 4 rings (SSSR count). The largest absolute Gasteiger partial charge is 0.480 e. The van der Waals surface area contributed by atoms with Crippen LogP contribution in [0.5, 0.6) is 5.75 Å². The number of amides is 1. The highest BCUT2D eigenvalue weighted by atomic mass is 35.5. The van der Waals surface area contributed by atoms with Crippen molar-refractivity contribution in [2.45, 2.75) is 24.0 Å². The molecule has 1 fully saturated rings. The summed E-state index contributed by atoms with van der Waals surface area (Å²) >= 11 is 5.99. The fraction of sp³-hybridized carbons (Fsp3) is 0.350. The highest BCUT2D eigenvalue weighted by Gasteiger charge is 2.31. The maximum atomic E-state index is 13.0. The van der Waals surface area contributed by atoms with E-state index in [1.165, 1.54) is 4.31 Å². The molecule has 0 aromatic heterocycles.